The minimum atomic E-state index is -0.197. The summed E-state index contributed by atoms with van der Waals surface area (Å²) in [5.41, 5.74) is 5.94. The van der Waals surface area contributed by atoms with Crippen LogP contribution in [0, 0.1) is 5.92 Å². The quantitative estimate of drug-likeness (QED) is 0.867. The Morgan fingerprint density at radius 2 is 2.31 bits per heavy atom. The van der Waals surface area contributed by atoms with Gasteiger partial charge in [-0.15, -0.1) is 0 Å². The number of aromatic nitrogens is 2. The van der Waals surface area contributed by atoms with Gasteiger partial charge in [0, 0.05) is 11.5 Å². The van der Waals surface area contributed by atoms with Crippen LogP contribution in [0.4, 0.5) is 0 Å². The predicted molar refractivity (Wildman–Crippen MR) is 62.1 cm³/mol. The third-order valence-electron chi connectivity index (χ3n) is 2.56. The maximum absolute atomic E-state index is 5.94. The van der Waals surface area contributed by atoms with Gasteiger partial charge < -0.3 is 15.0 Å². The van der Waals surface area contributed by atoms with Gasteiger partial charge in [0.25, 0.3) is 0 Å². The Morgan fingerprint density at radius 1 is 1.50 bits per heavy atom. The second kappa shape index (κ2) is 5.16. The van der Waals surface area contributed by atoms with Crippen molar-refractivity contribution >= 4 is 11.8 Å². The molecule has 0 saturated carbocycles. The highest BCUT2D eigenvalue weighted by molar-refractivity contribution is 7.99. The van der Waals surface area contributed by atoms with Crippen molar-refractivity contribution in [1.82, 2.24) is 10.1 Å². The molecule has 0 radical (unpaired) electrons. The minimum Gasteiger partial charge on any atom is -0.368 e. The van der Waals surface area contributed by atoms with Crippen LogP contribution in [-0.4, -0.2) is 28.3 Å². The van der Waals surface area contributed by atoms with Crippen LogP contribution in [0.1, 0.15) is 37.7 Å². The van der Waals surface area contributed by atoms with Crippen molar-refractivity contribution in [3.8, 4) is 0 Å². The molecule has 5 nitrogen and oxygen atoms in total. The minimum absolute atomic E-state index is 0.0457. The number of nitrogens with zero attached hydrogens (tertiary/aromatic N) is 2. The van der Waals surface area contributed by atoms with E-state index in [1.54, 1.807) is 0 Å². The van der Waals surface area contributed by atoms with Gasteiger partial charge in [-0.05, 0) is 5.92 Å². The van der Waals surface area contributed by atoms with Crippen LogP contribution in [0.3, 0.4) is 0 Å². The van der Waals surface area contributed by atoms with Crippen LogP contribution in [0.5, 0.6) is 0 Å². The molecule has 2 N–H and O–H groups in total. The largest absolute Gasteiger partial charge is 0.368 e. The zero-order chi connectivity index (χ0) is 11.5. The molecular formula is C10H17N3O2S. The first-order valence-electron chi connectivity index (χ1n) is 5.47. The second-order valence-corrected chi connectivity index (χ2v) is 5.34. The van der Waals surface area contributed by atoms with Gasteiger partial charge in [-0.2, -0.15) is 16.7 Å². The summed E-state index contributed by atoms with van der Waals surface area (Å²) in [6, 6.07) is -0.197. The molecule has 0 spiro atoms. The molecule has 1 saturated heterocycles. The summed E-state index contributed by atoms with van der Waals surface area (Å²) in [7, 11) is 0. The van der Waals surface area contributed by atoms with Gasteiger partial charge in [0.05, 0.1) is 12.6 Å². The van der Waals surface area contributed by atoms with Crippen molar-refractivity contribution in [3.63, 3.8) is 0 Å². The van der Waals surface area contributed by atoms with Gasteiger partial charge in [0.1, 0.15) is 6.10 Å². The van der Waals surface area contributed by atoms with E-state index in [0.29, 0.717) is 11.7 Å². The fourth-order valence-electron chi connectivity index (χ4n) is 1.44. The fraction of sp³-hybridized carbons (Fsp3) is 0.800. The molecule has 0 amide bonds. The Bertz CT molecular complexity index is 337. The van der Waals surface area contributed by atoms with Crippen molar-refractivity contribution in [2.75, 3.05) is 18.1 Å². The van der Waals surface area contributed by atoms with E-state index in [9.17, 15) is 0 Å². The normalized spacial score (nSPS) is 23.6. The molecule has 0 aliphatic carbocycles. The smallest absolute Gasteiger partial charge is 0.243 e. The van der Waals surface area contributed by atoms with Crippen LogP contribution >= 0.6 is 11.8 Å². The van der Waals surface area contributed by atoms with E-state index in [1.807, 2.05) is 25.6 Å². The molecule has 1 aliphatic rings. The Labute approximate surface area is 99.1 Å². The zero-order valence-corrected chi connectivity index (χ0v) is 10.4. The van der Waals surface area contributed by atoms with Crippen LogP contribution in [0.2, 0.25) is 0 Å². The van der Waals surface area contributed by atoms with Crippen LogP contribution in [0.15, 0.2) is 4.52 Å². The lowest BCUT2D eigenvalue weighted by Gasteiger charge is -2.18. The Balaban J connectivity index is 2.06. The highest BCUT2D eigenvalue weighted by atomic mass is 32.2. The molecule has 2 rings (SSSR count). The Hall–Kier alpha value is -0.590. The molecular weight excluding hydrogens is 226 g/mol. The summed E-state index contributed by atoms with van der Waals surface area (Å²) in [5.74, 6) is 3.33. The third kappa shape index (κ3) is 2.56. The molecule has 2 heterocycles. The molecule has 6 heteroatoms. The van der Waals surface area contributed by atoms with Gasteiger partial charge >= 0.3 is 0 Å². The molecule has 1 aromatic rings. The van der Waals surface area contributed by atoms with Crippen molar-refractivity contribution in [2.24, 2.45) is 11.7 Å². The first-order chi connectivity index (χ1) is 7.68. The van der Waals surface area contributed by atoms with Crippen LogP contribution in [-0.2, 0) is 4.74 Å². The van der Waals surface area contributed by atoms with Gasteiger partial charge in [-0.25, -0.2) is 0 Å². The second-order valence-electron chi connectivity index (χ2n) is 4.19. The number of ether oxygens (including phenoxy) is 1. The molecule has 2 atom stereocenters. The van der Waals surface area contributed by atoms with Crippen molar-refractivity contribution in [2.45, 2.75) is 26.0 Å². The van der Waals surface area contributed by atoms with Crippen molar-refractivity contribution in [3.05, 3.63) is 11.7 Å². The van der Waals surface area contributed by atoms with Crippen molar-refractivity contribution < 1.29 is 9.26 Å². The van der Waals surface area contributed by atoms with Gasteiger partial charge in [0.2, 0.25) is 11.7 Å². The molecule has 1 unspecified atom stereocenters. The first-order valence-corrected chi connectivity index (χ1v) is 6.62. The van der Waals surface area contributed by atoms with E-state index in [-0.39, 0.29) is 18.1 Å². The van der Waals surface area contributed by atoms with Crippen LogP contribution < -0.4 is 5.73 Å². The summed E-state index contributed by atoms with van der Waals surface area (Å²) in [6.07, 6.45) is -0.0457. The van der Waals surface area contributed by atoms with Gasteiger partial charge in [-0.1, -0.05) is 19.0 Å². The fourth-order valence-corrected chi connectivity index (χ4v) is 2.28. The maximum Gasteiger partial charge on any atom is 0.243 e. The van der Waals surface area contributed by atoms with E-state index in [2.05, 4.69) is 10.1 Å². The van der Waals surface area contributed by atoms with Crippen LogP contribution in [0.25, 0.3) is 0 Å². The number of thioether (sulfide) groups is 1. The maximum atomic E-state index is 5.94. The van der Waals surface area contributed by atoms with Gasteiger partial charge in [0.15, 0.2) is 0 Å². The lowest BCUT2D eigenvalue weighted by atomic mass is 10.1. The monoisotopic (exact) mass is 243 g/mol. The molecule has 1 aromatic heterocycles. The lowest BCUT2D eigenvalue weighted by Crippen LogP contribution is -2.19. The third-order valence-corrected chi connectivity index (χ3v) is 3.56. The lowest BCUT2D eigenvalue weighted by molar-refractivity contribution is 0.0677. The highest BCUT2D eigenvalue weighted by Gasteiger charge is 2.24. The average Bonchev–Trinajstić information content (AvgIpc) is 2.78. The molecule has 90 valence electrons. The number of hydrogen-bond acceptors (Lipinski definition) is 6. The van der Waals surface area contributed by atoms with Crippen molar-refractivity contribution in [1.29, 1.82) is 0 Å². The molecule has 0 bridgehead atoms. The standard InChI is InChI=1S/C10H17N3O2S/c1-6(2)8(11)10-12-9(13-15-10)7-5-16-4-3-14-7/h6-8H,3-5,11H2,1-2H3/t7?,8-/m1/s1. The van der Waals surface area contributed by atoms with E-state index in [4.69, 9.17) is 15.0 Å². The van der Waals surface area contributed by atoms with E-state index in [1.165, 1.54) is 0 Å². The first kappa shape index (κ1) is 11.9. The molecule has 16 heavy (non-hydrogen) atoms. The Kier molecular flexibility index (Phi) is 3.83. The molecule has 1 fully saturated rings. The van der Waals surface area contributed by atoms with Gasteiger partial charge in [-0.3, -0.25) is 0 Å². The predicted octanol–water partition coefficient (Wildman–Crippen LogP) is 1.53. The molecule has 0 aromatic carbocycles. The SMILES string of the molecule is CC(C)[C@@H](N)c1nc(C2CSCCO2)no1. The topological polar surface area (TPSA) is 74.2 Å². The number of nitrogens with two attached hydrogens (primary N) is 1. The summed E-state index contributed by atoms with van der Waals surface area (Å²) < 4.78 is 10.7. The summed E-state index contributed by atoms with van der Waals surface area (Å²) in [5, 5.41) is 3.94. The van der Waals surface area contributed by atoms with E-state index in [0.717, 1.165) is 18.1 Å². The molecule has 1 aliphatic heterocycles. The van der Waals surface area contributed by atoms with E-state index < -0.39 is 0 Å². The number of rotatable bonds is 3. The summed E-state index contributed by atoms with van der Waals surface area (Å²) in [4.78, 5) is 4.31. The zero-order valence-electron chi connectivity index (χ0n) is 9.55. The average molecular weight is 243 g/mol. The highest BCUT2D eigenvalue weighted by Crippen LogP contribution is 2.26. The Morgan fingerprint density at radius 3 is 2.94 bits per heavy atom. The number of hydrogen-bond donors (Lipinski definition) is 1. The van der Waals surface area contributed by atoms with E-state index >= 15 is 0 Å². The summed E-state index contributed by atoms with van der Waals surface area (Å²) in [6.45, 7) is 4.80. The summed E-state index contributed by atoms with van der Waals surface area (Å²) >= 11 is 1.84.